The fourth-order valence-corrected chi connectivity index (χ4v) is 5.54. The van der Waals surface area contributed by atoms with Crippen LogP contribution in [0.2, 0.25) is 0 Å². The van der Waals surface area contributed by atoms with E-state index >= 15 is 0 Å². The zero-order chi connectivity index (χ0) is 32.0. The fraction of sp³-hybridized carbons (Fsp3) is 0.364. The van der Waals surface area contributed by atoms with Gasteiger partial charge in [0.1, 0.15) is 24.9 Å². The summed E-state index contributed by atoms with van der Waals surface area (Å²) < 4.78 is 54.3. The summed E-state index contributed by atoms with van der Waals surface area (Å²) >= 11 is 0. The van der Waals surface area contributed by atoms with Gasteiger partial charge in [0, 0.05) is 43.7 Å². The summed E-state index contributed by atoms with van der Waals surface area (Å²) in [6.07, 6.45) is 5.20. The Bertz CT molecular complexity index is 1740. The van der Waals surface area contributed by atoms with Gasteiger partial charge in [-0.1, -0.05) is 36.4 Å². The molecular formula is C33H35F2N5O6. The molecule has 4 heterocycles. The van der Waals surface area contributed by atoms with Crippen molar-refractivity contribution in [3.05, 3.63) is 105 Å². The Morgan fingerprint density at radius 1 is 1.09 bits per heavy atom. The lowest BCUT2D eigenvalue weighted by Crippen LogP contribution is -2.49. The summed E-state index contributed by atoms with van der Waals surface area (Å²) in [6.45, 7) is 1.30. The number of nitrogens with one attached hydrogen (secondary N) is 1. The average Bonchev–Trinajstić information content (AvgIpc) is 3.53. The molecule has 13 heteroatoms. The lowest BCUT2D eigenvalue weighted by molar-refractivity contribution is -0.169. The van der Waals surface area contributed by atoms with Crippen molar-refractivity contribution in [1.29, 1.82) is 0 Å². The molecule has 0 spiro atoms. The van der Waals surface area contributed by atoms with Crippen LogP contribution in [0.5, 0.6) is 5.75 Å². The second kappa shape index (κ2) is 14.2. The Hall–Kier alpha value is -4.59. The number of amides is 1. The number of hydrogen-bond donors (Lipinski definition) is 1. The summed E-state index contributed by atoms with van der Waals surface area (Å²) in [4.78, 5) is 29.9. The van der Waals surface area contributed by atoms with Crippen LogP contribution in [-0.2, 0) is 34.0 Å². The maximum absolute atomic E-state index is 14.5. The van der Waals surface area contributed by atoms with Crippen LogP contribution in [0.3, 0.4) is 0 Å². The fourth-order valence-electron chi connectivity index (χ4n) is 5.54. The standard InChI is InChI=1S/C33H35F2N5O6/c1-43-14-12-38-21-37-40-27(20-45-28-9-5-6-13-44-28)29(24-16-36-39(18-24)17-23-10-11-25(34)15-26(23)35)31(41)32(30(40)33(38)42)46-19-22-7-3-2-4-8-22/h2-4,7-8,10-11,15-16,18,28,37H,5-6,9,12-14,17,19-21H2,1H3. The number of carbonyl (C=O) groups is 1. The Balaban J connectivity index is 1.45. The van der Waals surface area contributed by atoms with Gasteiger partial charge in [-0.05, 0) is 30.9 Å². The molecule has 2 aliphatic rings. The van der Waals surface area contributed by atoms with Gasteiger partial charge in [0.2, 0.25) is 5.43 Å². The molecule has 2 aromatic heterocycles. The third-order valence-corrected chi connectivity index (χ3v) is 7.94. The third-order valence-electron chi connectivity index (χ3n) is 7.94. The molecule has 1 unspecified atom stereocenters. The van der Waals surface area contributed by atoms with E-state index in [1.54, 1.807) is 18.0 Å². The van der Waals surface area contributed by atoms with Crippen LogP contribution in [0.1, 0.15) is 46.6 Å². The summed E-state index contributed by atoms with van der Waals surface area (Å²) in [5.41, 5.74) is 4.81. The lowest BCUT2D eigenvalue weighted by atomic mass is 10.0. The second-order valence-corrected chi connectivity index (χ2v) is 11.1. The van der Waals surface area contributed by atoms with Crippen molar-refractivity contribution in [3.8, 4) is 16.9 Å². The van der Waals surface area contributed by atoms with Gasteiger partial charge in [0.05, 0.1) is 37.2 Å². The van der Waals surface area contributed by atoms with E-state index in [0.717, 1.165) is 24.5 Å². The summed E-state index contributed by atoms with van der Waals surface area (Å²) in [5.74, 6) is -1.92. The molecule has 1 amide bonds. The van der Waals surface area contributed by atoms with Crippen molar-refractivity contribution >= 4 is 5.91 Å². The number of halogens is 2. The van der Waals surface area contributed by atoms with Gasteiger partial charge in [-0.2, -0.15) is 5.10 Å². The molecular weight excluding hydrogens is 600 g/mol. The zero-order valence-corrected chi connectivity index (χ0v) is 25.4. The van der Waals surface area contributed by atoms with Gasteiger partial charge < -0.3 is 29.3 Å². The van der Waals surface area contributed by atoms with Crippen LogP contribution < -0.4 is 15.6 Å². The maximum atomic E-state index is 14.5. The highest BCUT2D eigenvalue weighted by molar-refractivity contribution is 5.97. The Morgan fingerprint density at radius 3 is 2.70 bits per heavy atom. The third kappa shape index (κ3) is 6.81. The number of nitrogens with zero attached hydrogens (tertiary/aromatic N) is 4. The van der Waals surface area contributed by atoms with Crippen LogP contribution in [0.15, 0.2) is 65.7 Å². The minimum atomic E-state index is -0.704. The lowest BCUT2D eigenvalue weighted by Gasteiger charge is -2.34. The number of ether oxygens (including phenoxy) is 4. The van der Waals surface area contributed by atoms with Crippen LogP contribution in [0, 0.1) is 11.6 Å². The van der Waals surface area contributed by atoms with Gasteiger partial charge in [0.25, 0.3) is 5.91 Å². The average molecular weight is 636 g/mol. The first-order valence-electron chi connectivity index (χ1n) is 15.1. The van der Waals surface area contributed by atoms with Gasteiger partial charge in [-0.3, -0.25) is 18.9 Å². The molecule has 0 aliphatic carbocycles. The molecule has 0 radical (unpaired) electrons. The van der Waals surface area contributed by atoms with Crippen LogP contribution in [0.25, 0.3) is 11.1 Å². The summed E-state index contributed by atoms with van der Waals surface area (Å²) in [5, 5.41) is 4.37. The number of carbonyl (C=O) groups excluding carboxylic acids is 1. The van der Waals surface area contributed by atoms with Crippen molar-refractivity contribution in [3.63, 3.8) is 0 Å². The number of benzene rings is 2. The molecule has 1 atom stereocenters. The molecule has 242 valence electrons. The number of hydrogen-bond acceptors (Lipinski definition) is 8. The van der Waals surface area contributed by atoms with E-state index in [1.807, 2.05) is 30.3 Å². The van der Waals surface area contributed by atoms with Crippen molar-refractivity contribution in [1.82, 2.24) is 19.4 Å². The van der Waals surface area contributed by atoms with Crippen LogP contribution in [-0.4, -0.2) is 65.1 Å². The van der Waals surface area contributed by atoms with E-state index in [0.29, 0.717) is 37.4 Å². The molecule has 2 aliphatic heterocycles. The van der Waals surface area contributed by atoms with Gasteiger partial charge in [-0.25, -0.2) is 8.78 Å². The molecule has 6 rings (SSSR count). The molecule has 0 saturated carbocycles. The van der Waals surface area contributed by atoms with E-state index in [4.69, 9.17) is 18.9 Å². The predicted molar refractivity (Wildman–Crippen MR) is 164 cm³/mol. The van der Waals surface area contributed by atoms with Crippen molar-refractivity contribution in [2.45, 2.75) is 45.3 Å². The zero-order valence-electron chi connectivity index (χ0n) is 25.4. The molecule has 46 heavy (non-hydrogen) atoms. The smallest absolute Gasteiger partial charge is 0.277 e. The van der Waals surface area contributed by atoms with Crippen molar-refractivity contribution in [2.24, 2.45) is 0 Å². The molecule has 2 aromatic carbocycles. The number of rotatable bonds is 12. The van der Waals surface area contributed by atoms with E-state index < -0.39 is 29.3 Å². The molecule has 1 N–H and O–H groups in total. The number of fused-ring (bicyclic) bond motifs is 1. The highest BCUT2D eigenvalue weighted by atomic mass is 19.1. The van der Waals surface area contributed by atoms with E-state index in [2.05, 4.69) is 10.5 Å². The highest BCUT2D eigenvalue weighted by Crippen LogP contribution is 2.30. The van der Waals surface area contributed by atoms with Crippen molar-refractivity contribution < 1.29 is 32.5 Å². The molecule has 4 aromatic rings. The molecule has 0 bridgehead atoms. The highest BCUT2D eigenvalue weighted by Gasteiger charge is 2.34. The second-order valence-electron chi connectivity index (χ2n) is 11.1. The Labute approximate surface area is 264 Å². The first kappa shape index (κ1) is 31.4. The Kier molecular flexibility index (Phi) is 9.71. The topological polar surface area (TPSA) is 109 Å². The monoisotopic (exact) mass is 635 g/mol. The molecule has 1 fully saturated rings. The minimum Gasteiger partial charge on any atom is -0.482 e. The maximum Gasteiger partial charge on any atom is 0.277 e. The quantitative estimate of drug-likeness (QED) is 0.246. The number of methoxy groups -OCH3 is 1. The molecule has 11 nitrogen and oxygen atoms in total. The van der Waals surface area contributed by atoms with Gasteiger partial charge in [-0.15, -0.1) is 0 Å². The van der Waals surface area contributed by atoms with Gasteiger partial charge >= 0.3 is 0 Å². The SMILES string of the molecule is COCCN1CNn2c(COC3CCCCO3)c(-c3cnn(Cc4ccc(F)cc4F)c3)c(=O)c(OCc3ccccc3)c2C1=O. The number of aromatic nitrogens is 3. The minimum absolute atomic E-state index is 0.00267. The van der Waals surface area contributed by atoms with E-state index in [-0.39, 0.29) is 49.0 Å². The summed E-state index contributed by atoms with van der Waals surface area (Å²) in [6, 6.07) is 12.7. The largest absolute Gasteiger partial charge is 0.482 e. The van der Waals surface area contributed by atoms with E-state index in [9.17, 15) is 18.4 Å². The first-order valence-corrected chi connectivity index (χ1v) is 15.1. The number of pyridine rings is 1. The first-order chi connectivity index (χ1) is 22.4. The molecule has 1 saturated heterocycles. The Morgan fingerprint density at radius 2 is 1.93 bits per heavy atom. The van der Waals surface area contributed by atoms with Crippen molar-refractivity contribution in [2.75, 3.05) is 39.0 Å². The normalized spacial score (nSPS) is 16.3. The predicted octanol–water partition coefficient (Wildman–Crippen LogP) is 4.26. The van der Waals surface area contributed by atoms with E-state index in [1.165, 1.54) is 27.9 Å². The van der Waals surface area contributed by atoms with Crippen LogP contribution in [0.4, 0.5) is 8.78 Å². The van der Waals surface area contributed by atoms with Gasteiger partial charge in [0.15, 0.2) is 17.7 Å². The van der Waals surface area contributed by atoms with Crippen LogP contribution >= 0.6 is 0 Å². The summed E-state index contributed by atoms with van der Waals surface area (Å²) in [7, 11) is 1.55.